The second-order valence-corrected chi connectivity index (χ2v) is 31.6. The van der Waals surface area contributed by atoms with Crippen LogP contribution in [0.2, 0.25) is 0 Å². The van der Waals surface area contributed by atoms with Gasteiger partial charge in [0, 0.05) is 25.7 Å². The smallest absolute Gasteiger partial charge is 0.462 e. The molecule has 6 atom stereocenters. The van der Waals surface area contributed by atoms with E-state index in [-0.39, 0.29) is 25.7 Å². The molecule has 0 bridgehead atoms. The standard InChI is InChI=1S/C79H154O17P2/c1-6-10-13-16-19-22-24-26-27-28-29-30-31-36-40-45-50-55-60-65-79(84)96-75(69-90-77(82)63-58-53-48-43-39-35-33-32-34-37-42-46-51-56-61-72(5)9-4)71-94-98(87,88)92-67-73(80)66-91-97(85,86)93-70-74(68-89-76(81)62-57-52-47-41-21-18-15-12-8-3)95-78(83)64-59-54-49-44-38-25-23-20-17-14-11-7-2/h72-75,80H,6-71H2,1-5H3,(H,85,86)(H,87,88)/t72?,73-,74+,75+/m0/s1. The molecule has 0 saturated heterocycles. The zero-order chi connectivity index (χ0) is 71.9. The molecule has 0 aliphatic heterocycles. The molecule has 0 amide bonds. The van der Waals surface area contributed by atoms with Gasteiger partial charge in [-0.05, 0) is 31.6 Å². The number of aliphatic hydroxyl groups excluding tert-OH is 1. The maximum atomic E-state index is 13.1. The summed E-state index contributed by atoms with van der Waals surface area (Å²) in [5.41, 5.74) is 0. The highest BCUT2D eigenvalue weighted by atomic mass is 31.2. The SMILES string of the molecule is CCCCCCCCCCCCCCCCCCCCCC(=O)O[C@H](COC(=O)CCCCCCCCCCCCCCCCC(C)CC)COP(=O)(O)OC[C@@H](O)COP(=O)(O)OC[C@@H](COC(=O)CCCCCCCCCCC)OC(=O)CCCCCCCCCCCCCC. The van der Waals surface area contributed by atoms with E-state index in [4.69, 9.17) is 37.0 Å². The van der Waals surface area contributed by atoms with Crippen molar-refractivity contribution >= 4 is 39.5 Å². The topological polar surface area (TPSA) is 237 Å². The normalized spacial score (nSPS) is 14.2. The van der Waals surface area contributed by atoms with Crippen LogP contribution < -0.4 is 0 Å². The molecule has 0 radical (unpaired) electrons. The molecule has 0 aliphatic rings. The van der Waals surface area contributed by atoms with Gasteiger partial charge in [-0.25, -0.2) is 9.13 Å². The first-order valence-corrected chi connectivity index (χ1v) is 44.2. The van der Waals surface area contributed by atoms with Crippen molar-refractivity contribution in [2.45, 2.75) is 438 Å². The van der Waals surface area contributed by atoms with Crippen LogP contribution in [0.3, 0.4) is 0 Å². The number of rotatable bonds is 79. The second kappa shape index (κ2) is 72.0. The van der Waals surface area contributed by atoms with Gasteiger partial charge in [0.2, 0.25) is 0 Å². The molecule has 98 heavy (non-hydrogen) atoms. The highest BCUT2D eigenvalue weighted by Gasteiger charge is 2.30. The van der Waals surface area contributed by atoms with Crippen molar-refractivity contribution in [3.63, 3.8) is 0 Å². The molecule has 0 aliphatic carbocycles. The average molecular weight is 1440 g/mol. The van der Waals surface area contributed by atoms with Gasteiger partial charge < -0.3 is 33.8 Å². The van der Waals surface area contributed by atoms with E-state index in [2.05, 4.69) is 34.6 Å². The monoisotopic (exact) mass is 1440 g/mol. The molecule has 0 saturated carbocycles. The van der Waals surface area contributed by atoms with Gasteiger partial charge in [-0.1, -0.05) is 369 Å². The molecule has 0 aromatic carbocycles. The third-order valence-corrected chi connectivity index (χ3v) is 20.8. The Hall–Kier alpha value is -1.94. The van der Waals surface area contributed by atoms with E-state index in [9.17, 15) is 43.2 Å². The van der Waals surface area contributed by atoms with Crippen LogP contribution in [0.5, 0.6) is 0 Å². The van der Waals surface area contributed by atoms with Crippen molar-refractivity contribution < 1.29 is 80.2 Å². The van der Waals surface area contributed by atoms with Crippen molar-refractivity contribution in [1.82, 2.24) is 0 Å². The van der Waals surface area contributed by atoms with Crippen LogP contribution in [0.1, 0.15) is 420 Å². The summed E-state index contributed by atoms with van der Waals surface area (Å²) >= 11 is 0. The van der Waals surface area contributed by atoms with E-state index in [1.54, 1.807) is 0 Å². The van der Waals surface area contributed by atoms with Crippen molar-refractivity contribution in [3.05, 3.63) is 0 Å². The van der Waals surface area contributed by atoms with Gasteiger partial charge in [0.15, 0.2) is 12.2 Å². The fourth-order valence-electron chi connectivity index (χ4n) is 12.2. The fourth-order valence-corrected chi connectivity index (χ4v) is 13.8. The zero-order valence-corrected chi connectivity index (χ0v) is 65.7. The van der Waals surface area contributed by atoms with Crippen LogP contribution in [0.15, 0.2) is 0 Å². The first-order valence-electron chi connectivity index (χ1n) is 41.2. The average Bonchev–Trinajstić information content (AvgIpc) is 0.957. The molecule has 19 heteroatoms. The summed E-state index contributed by atoms with van der Waals surface area (Å²) in [6.07, 6.45) is 62.3. The molecule has 0 aromatic heterocycles. The lowest BCUT2D eigenvalue weighted by Gasteiger charge is -2.21. The van der Waals surface area contributed by atoms with Crippen molar-refractivity contribution in [2.24, 2.45) is 5.92 Å². The maximum Gasteiger partial charge on any atom is 0.472 e. The van der Waals surface area contributed by atoms with Crippen molar-refractivity contribution in [3.8, 4) is 0 Å². The molecule has 3 unspecified atom stereocenters. The number of aliphatic hydroxyl groups is 1. The number of phosphoric ester groups is 2. The minimum absolute atomic E-state index is 0.108. The summed E-state index contributed by atoms with van der Waals surface area (Å²) in [4.78, 5) is 72.9. The molecule has 582 valence electrons. The van der Waals surface area contributed by atoms with E-state index < -0.39 is 97.5 Å². The summed E-state index contributed by atoms with van der Waals surface area (Å²) in [6.45, 7) is 7.36. The van der Waals surface area contributed by atoms with Crippen molar-refractivity contribution in [2.75, 3.05) is 39.6 Å². The van der Waals surface area contributed by atoms with Crippen LogP contribution in [-0.4, -0.2) is 96.7 Å². The number of ether oxygens (including phenoxy) is 4. The molecule has 0 heterocycles. The summed E-state index contributed by atoms with van der Waals surface area (Å²) in [5, 5.41) is 10.6. The Balaban J connectivity index is 5.21. The first-order chi connectivity index (χ1) is 47.6. The minimum Gasteiger partial charge on any atom is -0.462 e. The quantitative estimate of drug-likeness (QED) is 0.0222. The lowest BCUT2D eigenvalue weighted by atomic mass is 9.99. The predicted molar refractivity (Wildman–Crippen MR) is 400 cm³/mol. The Labute approximate surface area is 600 Å². The van der Waals surface area contributed by atoms with Crippen molar-refractivity contribution in [1.29, 1.82) is 0 Å². The fraction of sp³-hybridized carbons (Fsp3) is 0.949. The number of phosphoric acid groups is 2. The lowest BCUT2D eigenvalue weighted by Crippen LogP contribution is -2.30. The Morgan fingerprint density at radius 2 is 0.490 bits per heavy atom. The van der Waals surface area contributed by atoms with E-state index in [1.165, 1.54) is 244 Å². The van der Waals surface area contributed by atoms with E-state index in [0.717, 1.165) is 95.8 Å². The third kappa shape index (κ3) is 71.1. The largest absolute Gasteiger partial charge is 0.472 e. The van der Waals surface area contributed by atoms with Crippen LogP contribution in [0.4, 0.5) is 0 Å². The summed E-state index contributed by atoms with van der Waals surface area (Å²) in [6, 6.07) is 0. The number of carbonyl (C=O) groups is 4. The highest BCUT2D eigenvalue weighted by molar-refractivity contribution is 7.47. The number of esters is 4. The lowest BCUT2D eigenvalue weighted by molar-refractivity contribution is -0.161. The van der Waals surface area contributed by atoms with E-state index in [0.29, 0.717) is 25.7 Å². The molecule has 0 rings (SSSR count). The molecule has 0 fully saturated rings. The molecule has 0 aromatic rings. The van der Waals surface area contributed by atoms with E-state index >= 15 is 0 Å². The van der Waals surface area contributed by atoms with Crippen LogP contribution in [-0.2, 0) is 65.4 Å². The Morgan fingerprint density at radius 3 is 0.724 bits per heavy atom. The molecule has 0 spiro atoms. The van der Waals surface area contributed by atoms with Gasteiger partial charge >= 0.3 is 39.5 Å². The van der Waals surface area contributed by atoms with Gasteiger partial charge in [0.1, 0.15) is 19.3 Å². The number of hydrogen-bond donors (Lipinski definition) is 3. The highest BCUT2D eigenvalue weighted by Crippen LogP contribution is 2.45. The van der Waals surface area contributed by atoms with Crippen LogP contribution in [0.25, 0.3) is 0 Å². The molecular weight excluding hydrogens is 1280 g/mol. The Bertz CT molecular complexity index is 1880. The van der Waals surface area contributed by atoms with Gasteiger partial charge in [0.25, 0.3) is 0 Å². The molecular formula is C79H154O17P2. The number of hydrogen-bond acceptors (Lipinski definition) is 15. The number of unbranched alkanes of at least 4 members (excludes halogenated alkanes) is 50. The first kappa shape index (κ1) is 96.1. The minimum atomic E-state index is -4.96. The Kier molecular flexibility index (Phi) is 70.6. The maximum absolute atomic E-state index is 13.1. The van der Waals surface area contributed by atoms with Gasteiger partial charge in [-0.3, -0.25) is 37.3 Å². The predicted octanol–water partition coefficient (Wildman–Crippen LogP) is 23.6. The van der Waals surface area contributed by atoms with Gasteiger partial charge in [-0.15, -0.1) is 0 Å². The van der Waals surface area contributed by atoms with Gasteiger partial charge in [-0.2, -0.15) is 0 Å². The van der Waals surface area contributed by atoms with Crippen LogP contribution >= 0.6 is 15.6 Å². The molecule has 3 N–H and O–H groups in total. The summed E-state index contributed by atoms with van der Waals surface area (Å²) in [7, 11) is -9.91. The summed E-state index contributed by atoms with van der Waals surface area (Å²) < 4.78 is 68.6. The number of carbonyl (C=O) groups excluding carboxylic acids is 4. The second-order valence-electron chi connectivity index (χ2n) is 28.7. The molecule has 17 nitrogen and oxygen atoms in total. The Morgan fingerprint density at radius 1 is 0.286 bits per heavy atom. The van der Waals surface area contributed by atoms with Crippen LogP contribution in [0, 0.1) is 5.92 Å². The zero-order valence-electron chi connectivity index (χ0n) is 63.9. The third-order valence-electron chi connectivity index (χ3n) is 18.9. The van der Waals surface area contributed by atoms with E-state index in [1.807, 2.05) is 0 Å². The van der Waals surface area contributed by atoms with Gasteiger partial charge in [0.05, 0.1) is 26.4 Å². The summed E-state index contributed by atoms with van der Waals surface area (Å²) in [5.74, 6) is -1.26.